The van der Waals surface area contributed by atoms with Gasteiger partial charge in [0.1, 0.15) is 6.10 Å². The zero-order chi connectivity index (χ0) is 13.3. The Morgan fingerprint density at radius 1 is 1.24 bits per heavy atom. The quantitative estimate of drug-likeness (QED) is 0.508. The lowest BCUT2D eigenvalue weighted by molar-refractivity contribution is -0.150. The molecule has 0 aliphatic rings. The van der Waals surface area contributed by atoms with E-state index in [9.17, 15) is 9.59 Å². The molecule has 0 N–H and O–H groups in total. The van der Waals surface area contributed by atoms with E-state index in [2.05, 4.69) is 0 Å². The number of ether oxygens (including phenoxy) is 2. The van der Waals surface area contributed by atoms with Gasteiger partial charge >= 0.3 is 11.9 Å². The lowest BCUT2D eigenvalue weighted by Gasteiger charge is -2.20. The standard InChI is InChI=1S/C13H22O4/c1-5-11(17-12(14)6-2)10(4)8-9-13(15)16-7-3/h8-11H,5-7H2,1-4H3/b9-8+/t10-,11?/m0/s1. The number of carbonyl (C=O) groups excluding carboxylic acids is 2. The van der Waals surface area contributed by atoms with Crippen LogP contribution in [0, 0.1) is 5.92 Å². The largest absolute Gasteiger partial charge is 0.463 e. The minimum atomic E-state index is -0.365. The molecule has 0 aromatic rings. The molecule has 0 aromatic carbocycles. The summed E-state index contributed by atoms with van der Waals surface area (Å²) in [5, 5.41) is 0. The SMILES string of the molecule is CCOC(=O)/C=C/[C@H](C)C(CC)OC(=O)CC. The molecular formula is C13H22O4. The lowest BCUT2D eigenvalue weighted by atomic mass is 10.0. The molecule has 0 rings (SSSR count). The maximum Gasteiger partial charge on any atom is 0.330 e. The Hall–Kier alpha value is -1.32. The molecule has 0 radical (unpaired) electrons. The Balaban J connectivity index is 4.29. The Morgan fingerprint density at radius 3 is 2.35 bits per heavy atom. The van der Waals surface area contributed by atoms with Gasteiger partial charge in [0.25, 0.3) is 0 Å². The molecule has 0 spiro atoms. The van der Waals surface area contributed by atoms with Crippen LogP contribution in [0.1, 0.15) is 40.5 Å². The van der Waals surface area contributed by atoms with Gasteiger partial charge < -0.3 is 9.47 Å². The highest BCUT2D eigenvalue weighted by Crippen LogP contribution is 2.13. The minimum Gasteiger partial charge on any atom is -0.463 e. The highest BCUT2D eigenvalue weighted by Gasteiger charge is 2.17. The summed E-state index contributed by atoms with van der Waals surface area (Å²) in [4.78, 5) is 22.3. The van der Waals surface area contributed by atoms with Crippen LogP contribution in [0.5, 0.6) is 0 Å². The summed E-state index contributed by atoms with van der Waals surface area (Å²) < 4.78 is 10.0. The molecule has 4 nitrogen and oxygen atoms in total. The van der Waals surface area contributed by atoms with Crippen molar-refractivity contribution in [3.8, 4) is 0 Å². The van der Waals surface area contributed by atoms with Gasteiger partial charge in [0.15, 0.2) is 0 Å². The highest BCUT2D eigenvalue weighted by molar-refractivity contribution is 5.81. The number of rotatable bonds is 7. The Kier molecular flexibility index (Phi) is 8.11. The van der Waals surface area contributed by atoms with E-state index in [0.29, 0.717) is 13.0 Å². The molecular weight excluding hydrogens is 220 g/mol. The monoisotopic (exact) mass is 242 g/mol. The fourth-order valence-corrected chi connectivity index (χ4v) is 1.36. The van der Waals surface area contributed by atoms with E-state index in [1.165, 1.54) is 6.08 Å². The molecule has 0 aliphatic heterocycles. The van der Waals surface area contributed by atoms with Crippen molar-refractivity contribution in [3.05, 3.63) is 12.2 Å². The van der Waals surface area contributed by atoms with Crippen LogP contribution in [0.25, 0.3) is 0 Å². The number of hydrogen-bond acceptors (Lipinski definition) is 4. The summed E-state index contributed by atoms with van der Waals surface area (Å²) in [5.74, 6) is -0.579. The lowest BCUT2D eigenvalue weighted by Crippen LogP contribution is -2.23. The summed E-state index contributed by atoms with van der Waals surface area (Å²) >= 11 is 0. The van der Waals surface area contributed by atoms with Gasteiger partial charge in [-0.1, -0.05) is 26.8 Å². The number of esters is 2. The predicted octanol–water partition coefficient (Wildman–Crippen LogP) is 2.47. The van der Waals surface area contributed by atoms with Gasteiger partial charge in [0.2, 0.25) is 0 Å². The van der Waals surface area contributed by atoms with Crippen LogP contribution in [-0.4, -0.2) is 24.6 Å². The van der Waals surface area contributed by atoms with Crippen molar-refractivity contribution in [1.29, 1.82) is 0 Å². The Labute approximate surface area is 103 Å². The maximum atomic E-state index is 11.2. The molecule has 1 unspecified atom stereocenters. The molecule has 0 fully saturated rings. The maximum absolute atomic E-state index is 11.2. The van der Waals surface area contributed by atoms with Crippen molar-refractivity contribution in [2.75, 3.05) is 6.61 Å². The first-order chi connectivity index (χ1) is 8.04. The summed E-state index contributed by atoms with van der Waals surface area (Å²) in [6.45, 7) is 7.73. The van der Waals surface area contributed by atoms with Crippen LogP contribution >= 0.6 is 0 Å². The normalized spacial score (nSPS) is 14.4. The van der Waals surface area contributed by atoms with Crippen molar-refractivity contribution in [3.63, 3.8) is 0 Å². The zero-order valence-corrected chi connectivity index (χ0v) is 11.1. The van der Waals surface area contributed by atoms with E-state index in [0.717, 1.165) is 6.42 Å². The molecule has 0 aromatic heterocycles. The van der Waals surface area contributed by atoms with Crippen LogP contribution < -0.4 is 0 Å². The molecule has 17 heavy (non-hydrogen) atoms. The second-order valence-electron chi connectivity index (χ2n) is 3.76. The minimum absolute atomic E-state index is 0.0000869. The molecule has 0 saturated heterocycles. The van der Waals surface area contributed by atoms with Crippen LogP contribution in [0.15, 0.2) is 12.2 Å². The van der Waals surface area contributed by atoms with Gasteiger partial charge in [-0.3, -0.25) is 4.79 Å². The predicted molar refractivity (Wildman–Crippen MR) is 65.4 cm³/mol. The third kappa shape index (κ3) is 6.76. The molecule has 0 amide bonds. The molecule has 98 valence electrons. The van der Waals surface area contributed by atoms with Crippen LogP contribution in [-0.2, 0) is 19.1 Å². The Morgan fingerprint density at radius 2 is 1.88 bits per heavy atom. The van der Waals surface area contributed by atoms with Gasteiger partial charge in [-0.2, -0.15) is 0 Å². The summed E-state index contributed by atoms with van der Waals surface area (Å²) in [6.07, 6.45) is 4.00. The molecule has 4 heteroatoms. The summed E-state index contributed by atoms with van der Waals surface area (Å²) in [6, 6.07) is 0. The third-order valence-electron chi connectivity index (χ3n) is 2.38. The van der Waals surface area contributed by atoms with E-state index in [4.69, 9.17) is 9.47 Å². The molecule has 2 atom stereocenters. The summed E-state index contributed by atoms with van der Waals surface area (Å²) in [7, 11) is 0. The second kappa shape index (κ2) is 8.79. The Bertz CT molecular complexity index is 271. The molecule has 0 saturated carbocycles. The van der Waals surface area contributed by atoms with Gasteiger partial charge in [-0.05, 0) is 13.3 Å². The third-order valence-corrected chi connectivity index (χ3v) is 2.38. The first kappa shape index (κ1) is 15.7. The smallest absolute Gasteiger partial charge is 0.330 e. The zero-order valence-electron chi connectivity index (χ0n) is 11.1. The topological polar surface area (TPSA) is 52.6 Å². The van der Waals surface area contributed by atoms with E-state index in [1.54, 1.807) is 19.9 Å². The molecule has 0 bridgehead atoms. The first-order valence-electron chi connectivity index (χ1n) is 6.09. The van der Waals surface area contributed by atoms with Crippen molar-refractivity contribution < 1.29 is 19.1 Å². The number of carbonyl (C=O) groups is 2. The fourth-order valence-electron chi connectivity index (χ4n) is 1.36. The van der Waals surface area contributed by atoms with Crippen LogP contribution in [0.2, 0.25) is 0 Å². The average molecular weight is 242 g/mol. The molecule has 0 aliphatic carbocycles. The van der Waals surface area contributed by atoms with E-state index in [-0.39, 0.29) is 24.0 Å². The summed E-state index contributed by atoms with van der Waals surface area (Å²) in [5.41, 5.74) is 0. The van der Waals surface area contributed by atoms with Crippen LogP contribution in [0.3, 0.4) is 0 Å². The number of hydrogen-bond donors (Lipinski definition) is 0. The van der Waals surface area contributed by atoms with Crippen molar-refractivity contribution in [1.82, 2.24) is 0 Å². The molecule has 0 heterocycles. The first-order valence-corrected chi connectivity index (χ1v) is 6.09. The van der Waals surface area contributed by atoms with Gasteiger partial charge in [0, 0.05) is 18.4 Å². The highest BCUT2D eigenvalue weighted by atomic mass is 16.5. The van der Waals surface area contributed by atoms with Gasteiger partial charge in [-0.15, -0.1) is 0 Å². The fraction of sp³-hybridized carbons (Fsp3) is 0.692. The van der Waals surface area contributed by atoms with Gasteiger partial charge in [-0.25, -0.2) is 4.79 Å². The van der Waals surface area contributed by atoms with Crippen molar-refractivity contribution >= 4 is 11.9 Å². The second-order valence-corrected chi connectivity index (χ2v) is 3.76. The van der Waals surface area contributed by atoms with E-state index in [1.807, 2.05) is 13.8 Å². The van der Waals surface area contributed by atoms with Gasteiger partial charge in [0.05, 0.1) is 6.61 Å². The van der Waals surface area contributed by atoms with Crippen molar-refractivity contribution in [2.24, 2.45) is 5.92 Å². The van der Waals surface area contributed by atoms with E-state index >= 15 is 0 Å². The van der Waals surface area contributed by atoms with Crippen molar-refractivity contribution in [2.45, 2.75) is 46.6 Å². The van der Waals surface area contributed by atoms with E-state index < -0.39 is 0 Å². The average Bonchev–Trinajstić information content (AvgIpc) is 2.32. The van der Waals surface area contributed by atoms with Crippen LogP contribution in [0.4, 0.5) is 0 Å².